The van der Waals surface area contributed by atoms with Gasteiger partial charge in [-0.2, -0.15) is 0 Å². The summed E-state index contributed by atoms with van der Waals surface area (Å²) in [4.78, 5) is 26.5. The third-order valence-electron chi connectivity index (χ3n) is 7.46. The maximum atomic E-state index is 13.5. The molecule has 3 aromatic rings. The number of hydrogen-bond donors (Lipinski definition) is 4. The molecule has 2 amide bonds. The van der Waals surface area contributed by atoms with E-state index in [4.69, 9.17) is 11.5 Å². The summed E-state index contributed by atoms with van der Waals surface area (Å²) in [6, 6.07) is 21.2. The number of nitrogens with two attached hydrogens (primary N) is 2. The molecule has 7 nitrogen and oxygen atoms in total. The van der Waals surface area contributed by atoms with Gasteiger partial charge in [0.05, 0.1) is 12.5 Å². The number of carbonyl (C=O) groups is 2. The van der Waals surface area contributed by atoms with Gasteiger partial charge in [-0.1, -0.05) is 73.9 Å². The van der Waals surface area contributed by atoms with Gasteiger partial charge >= 0.3 is 0 Å². The molecule has 1 heterocycles. The first-order valence-electron chi connectivity index (χ1n) is 13.3. The van der Waals surface area contributed by atoms with Gasteiger partial charge < -0.3 is 26.7 Å². The highest BCUT2D eigenvalue weighted by molar-refractivity contribution is 5.84. The summed E-state index contributed by atoms with van der Waals surface area (Å²) in [5, 5.41) is 6.16. The Hall–Kier alpha value is -3.42. The van der Waals surface area contributed by atoms with E-state index in [0.29, 0.717) is 25.6 Å². The Morgan fingerprint density at radius 2 is 1.49 bits per heavy atom. The van der Waals surface area contributed by atoms with E-state index in [1.54, 1.807) is 0 Å². The zero-order chi connectivity index (χ0) is 26.0. The van der Waals surface area contributed by atoms with Crippen LogP contribution in [0.5, 0.6) is 0 Å². The van der Waals surface area contributed by atoms with Crippen LogP contribution in [0.1, 0.15) is 66.4 Å². The first kappa shape index (κ1) is 26.6. The molecule has 1 aliphatic rings. The summed E-state index contributed by atoms with van der Waals surface area (Å²) >= 11 is 0. The van der Waals surface area contributed by atoms with Gasteiger partial charge in [-0.15, -0.1) is 0 Å². The molecule has 7 heteroatoms. The van der Waals surface area contributed by atoms with Crippen LogP contribution < -0.4 is 22.1 Å². The second-order valence-electron chi connectivity index (χ2n) is 9.90. The predicted molar refractivity (Wildman–Crippen MR) is 146 cm³/mol. The molecule has 1 saturated carbocycles. The summed E-state index contributed by atoms with van der Waals surface area (Å²) in [5.74, 6) is 0.0765. The average molecular weight is 502 g/mol. The molecule has 2 atom stereocenters. The van der Waals surface area contributed by atoms with E-state index in [9.17, 15) is 9.59 Å². The molecule has 0 bridgehead atoms. The SMILES string of the molecule is NCc1ccc(CNC(=O)[C@@H](CN)n2cccc2CNC(=O)C(c2ccccc2)C2CCCCC2)cc1. The van der Waals surface area contributed by atoms with Crippen molar-refractivity contribution in [2.45, 2.75) is 63.7 Å². The standard InChI is InChI=1S/C30H39N5O2/c31-18-22-13-15-23(16-14-22)20-33-29(36)27(19-32)35-17-7-12-26(35)21-34-30(37)28(24-8-3-1-4-9-24)25-10-5-2-6-11-25/h1,3-4,7-9,12-17,25,27-28H,2,5-6,10-11,18-21,31-32H2,(H,33,36)(H,34,37)/t27-,28?/m1/s1. The fraction of sp³-hybridized carbons (Fsp3) is 0.400. The number of amides is 2. The monoisotopic (exact) mass is 501 g/mol. The lowest BCUT2D eigenvalue weighted by molar-refractivity contribution is -0.124. The average Bonchev–Trinajstić information content (AvgIpc) is 3.41. The fourth-order valence-electron chi connectivity index (χ4n) is 5.38. The molecule has 1 aromatic heterocycles. The minimum absolute atomic E-state index is 0.0422. The van der Waals surface area contributed by atoms with E-state index in [0.717, 1.165) is 35.2 Å². The van der Waals surface area contributed by atoms with Crippen molar-refractivity contribution >= 4 is 11.8 Å². The number of hydrogen-bond acceptors (Lipinski definition) is 4. The fourth-order valence-corrected chi connectivity index (χ4v) is 5.38. The van der Waals surface area contributed by atoms with Crippen molar-refractivity contribution in [3.05, 3.63) is 95.3 Å². The highest BCUT2D eigenvalue weighted by Gasteiger charge is 2.31. The Labute approximate surface area is 219 Å². The van der Waals surface area contributed by atoms with Crippen molar-refractivity contribution in [3.8, 4) is 0 Å². The maximum absolute atomic E-state index is 13.5. The van der Waals surface area contributed by atoms with E-state index < -0.39 is 6.04 Å². The molecule has 6 N–H and O–H groups in total. The predicted octanol–water partition coefficient (Wildman–Crippen LogP) is 3.74. The summed E-state index contributed by atoms with van der Waals surface area (Å²) in [6.45, 7) is 1.39. The normalized spacial score (nSPS) is 15.6. The topological polar surface area (TPSA) is 115 Å². The molecular formula is C30H39N5O2. The lowest BCUT2D eigenvalue weighted by atomic mass is 9.76. The van der Waals surface area contributed by atoms with Gasteiger partial charge in [0.1, 0.15) is 6.04 Å². The smallest absolute Gasteiger partial charge is 0.244 e. The quantitative estimate of drug-likeness (QED) is 0.320. The van der Waals surface area contributed by atoms with E-state index in [1.165, 1.54) is 19.3 Å². The van der Waals surface area contributed by atoms with Gasteiger partial charge in [0.15, 0.2) is 0 Å². The first-order chi connectivity index (χ1) is 18.1. The van der Waals surface area contributed by atoms with E-state index in [-0.39, 0.29) is 24.3 Å². The Bertz CT molecular complexity index is 1140. The summed E-state index contributed by atoms with van der Waals surface area (Å²) < 4.78 is 1.87. The minimum Gasteiger partial charge on any atom is -0.350 e. The summed E-state index contributed by atoms with van der Waals surface area (Å²) in [5.41, 5.74) is 15.7. The van der Waals surface area contributed by atoms with Crippen LogP contribution in [0.25, 0.3) is 0 Å². The van der Waals surface area contributed by atoms with Crippen molar-refractivity contribution < 1.29 is 9.59 Å². The third kappa shape index (κ3) is 6.87. The zero-order valence-corrected chi connectivity index (χ0v) is 21.4. The van der Waals surface area contributed by atoms with Gasteiger partial charge in [0, 0.05) is 31.5 Å². The molecule has 196 valence electrons. The Morgan fingerprint density at radius 1 is 0.811 bits per heavy atom. The van der Waals surface area contributed by atoms with Crippen LogP contribution in [0.4, 0.5) is 0 Å². The van der Waals surface area contributed by atoms with Crippen LogP contribution in [-0.4, -0.2) is 22.9 Å². The molecule has 1 aliphatic carbocycles. The van der Waals surface area contributed by atoms with Gasteiger partial charge in [-0.3, -0.25) is 9.59 Å². The van der Waals surface area contributed by atoms with Crippen LogP contribution in [0, 0.1) is 5.92 Å². The molecule has 0 aliphatic heterocycles. The Balaban J connectivity index is 1.40. The van der Waals surface area contributed by atoms with Crippen LogP contribution in [-0.2, 0) is 29.2 Å². The molecule has 2 aromatic carbocycles. The van der Waals surface area contributed by atoms with Crippen LogP contribution >= 0.6 is 0 Å². The Morgan fingerprint density at radius 3 is 2.16 bits per heavy atom. The van der Waals surface area contributed by atoms with E-state index in [2.05, 4.69) is 22.8 Å². The second kappa shape index (κ2) is 13.2. The number of benzene rings is 2. The van der Waals surface area contributed by atoms with E-state index in [1.807, 2.05) is 65.4 Å². The summed E-state index contributed by atoms with van der Waals surface area (Å²) in [6.07, 6.45) is 7.60. The molecule has 0 saturated heterocycles. The van der Waals surface area contributed by atoms with Crippen molar-refractivity contribution in [2.24, 2.45) is 17.4 Å². The highest BCUT2D eigenvalue weighted by Crippen LogP contribution is 2.36. The van der Waals surface area contributed by atoms with Crippen LogP contribution in [0.2, 0.25) is 0 Å². The largest absolute Gasteiger partial charge is 0.350 e. The van der Waals surface area contributed by atoms with Gasteiger partial charge in [0.2, 0.25) is 11.8 Å². The third-order valence-corrected chi connectivity index (χ3v) is 7.46. The number of nitrogens with one attached hydrogen (secondary N) is 2. The summed E-state index contributed by atoms with van der Waals surface area (Å²) in [7, 11) is 0. The molecule has 1 fully saturated rings. The number of rotatable bonds is 11. The molecule has 4 rings (SSSR count). The molecular weight excluding hydrogens is 462 g/mol. The van der Waals surface area contributed by atoms with Crippen molar-refractivity contribution in [3.63, 3.8) is 0 Å². The lowest BCUT2D eigenvalue weighted by Gasteiger charge is -2.30. The molecule has 37 heavy (non-hydrogen) atoms. The van der Waals surface area contributed by atoms with Crippen LogP contribution in [0.3, 0.4) is 0 Å². The van der Waals surface area contributed by atoms with Crippen molar-refractivity contribution in [1.82, 2.24) is 15.2 Å². The van der Waals surface area contributed by atoms with Crippen molar-refractivity contribution in [1.29, 1.82) is 0 Å². The number of aromatic nitrogens is 1. The molecule has 1 unspecified atom stereocenters. The zero-order valence-electron chi connectivity index (χ0n) is 21.4. The first-order valence-corrected chi connectivity index (χ1v) is 13.3. The number of carbonyl (C=O) groups excluding carboxylic acids is 2. The second-order valence-corrected chi connectivity index (χ2v) is 9.90. The number of nitrogens with zero attached hydrogens (tertiary/aromatic N) is 1. The molecule has 0 spiro atoms. The highest BCUT2D eigenvalue weighted by atomic mass is 16.2. The van der Waals surface area contributed by atoms with Gasteiger partial charge in [0.25, 0.3) is 0 Å². The van der Waals surface area contributed by atoms with Gasteiger partial charge in [-0.25, -0.2) is 0 Å². The van der Waals surface area contributed by atoms with Crippen molar-refractivity contribution in [2.75, 3.05) is 6.54 Å². The Kier molecular flexibility index (Phi) is 9.52. The van der Waals surface area contributed by atoms with E-state index >= 15 is 0 Å². The van der Waals surface area contributed by atoms with Crippen LogP contribution in [0.15, 0.2) is 72.9 Å². The molecule has 0 radical (unpaired) electrons. The minimum atomic E-state index is -0.562. The lowest BCUT2D eigenvalue weighted by Crippen LogP contribution is -2.38. The van der Waals surface area contributed by atoms with Gasteiger partial charge in [-0.05, 0) is 47.6 Å². The maximum Gasteiger partial charge on any atom is 0.244 e.